The smallest absolute Gasteiger partial charge is 0.253 e. The number of rotatable bonds is 4. The number of hydrogen-bond donors (Lipinski definition) is 0. The van der Waals surface area contributed by atoms with E-state index in [4.69, 9.17) is 4.52 Å². The Hall–Kier alpha value is -3.06. The summed E-state index contributed by atoms with van der Waals surface area (Å²) in [6.45, 7) is 7.43. The summed E-state index contributed by atoms with van der Waals surface area (Å²) in [6.07, 6.45) is 3.62. The number of benzene rings is 1. The Morgan fingerprint density at radius 2 is 1.96 bits per heavy atom. The molecule has 0 spiro atoms. The summed E-state index contributed by atoms with van der Waals surface area (Å²) in [4.78, 5) is 25.5. The van der Waals surface area contributed by atoms with Crippen LogP contribution < -0.4 is 0 Å². The van der Waals surface area contributed by atoms with Crippen LogP contribution in [0.1, 0.15) is 27.6 Å². The van der Waals surface area contributed by atoms with E-state index >= 15 is 0 Å². The first-order chi connectivity index (χ1) is 13.6. The summed E-state index contributed by atoms with van der Waals surface area (Å²) in [5, 5.41) is 3.94. The van der Waals surface area contributed by atoms with Crippen LogP contribution in [0.2, 0.25) is 0 Å². The molecule has 4 rings (SSSR count). The third kappa shape index (κ3) is 3.94. The van der Waals surface area contributed by atoms with E-state index in [0.717, 1.165) is 35.3 Å². The van der Waals surface area contributed by atoms with Gasteiger partial charge in [-0.25, -0.2) is 0 Å². The first-order valence-corrected chi connectivity index (χ1v) is 9.42. The van der Waals surface area contributed by atoms with Gasteiger partial charge in [0, 0.05) is 51.1 Å². The Labute approximate surface area is 164 Å². The zero-order valence-electron chi connectivity index (χ0n) is 16.1. The number of nitrogens with zero attached hydrogens (tertiary/aromatic N) is 5. The van der Waals surface area contributed by atoms with Crippen molar-refractivity contribution in [2.75, 3.05) is 26.2 Å². The quantitative estimate of drug-likeness (QED) is 0.696. The molecule has 1 aliphatic heterocycles. The van der Waals surface area contributed by atoms with E-state index in [1.165, 1.54) is 0 Å². The van der Waals surface area contributed by atoms with Crippen LogP contribution >= 0.6 is 0 Å². The van der Waals surface area contributed by atoms with Gasteiger partial charge in [0.15, 0.2) is 5.82 Å². The van der Waals surface area contributed by atoms with Crippen molar-refractivity contribution in [2.24, 2.45) is 0 Å². The standard InChI is InChI=1S/C21H23N5O2/c1-15-13-22-7-6-19(15)17-4-3-5-18(12-17)21(27)26-10-8-25(9-11-26)14-20-23-16(2)28-24-20/h3-7,12-13H,8-11,14H2,1-2H3. The van der Waals surface area contributed by atoms with Gasteiger partial charge in [-0.2, -0.15) is 4.98 Å². The monoisotopic (exact) mass is 377 g/mol. The van der Waals surface area contributed by atoms with Crippen molar-refractivity contribution in [2.45, 2.75) is 20.4 Å². The fourth-order valence-electron chi connectivity index (χ4n) is 3.51. The molecule has 0 aliphatic carbocycles. The van der Waals surface area contributed by atoms with E-state index < -0.39 is 0 Å². The van der Waals surface area contributed by atoms with Gasteiger partial charge in [-0.05, 0) is 41.8 Å². The van der Waals surface area contributed by atoms with Crippen molar-refractivity contribution in [3.63, 3.8) is 0 Å². The predicted molar refractivity (Wildman–Crippen MR) is 105 cm³/mol. The Morgan fingerprint density at radius 3 is 2.68 bits per heavy atom. The molecule has 1 amide bonds. The number of piperazine rings is 1. The first kappa shape index (κ1) is 18.3. The molecule has 2 aromatic heterocycles. The molecule has 0 N–H and O–H groups in total. The average Bonchev–Trinajstić information content (AvgIpc) is 3.13. The molecule has 144 valence electrons. The highest BCUT2D eigenvalue weighted by Gasteiger charge is 2.23. The van der Waals surface area contributed by atoms with Crippen LogP contribution in [0, 0.1) is 13.8 Å². The van der Waals surface area contributed by atoms with Gasteiger partial charge < -0.3 is 9.42 Å². The number of carbonyl (C=O) groups is 1. The SMILES string of the molecule is Cc1nc(CN2CCN(C(=O)c3cccc(-c4ccncc4C)c3)CC2)no1. The van der Waals surface area contributed by atoms with Crippen LogP contribution in [0.5, 0.6) is 0 Å². The molecule has 1 aliphatic rings. The number of aromatic nitrogens is 3. The molecule has 0 saturated carbocycles. The van der Waals surface area contributed by atoms with Crippen LogP contribution in [-0.4, -0.2) is 57.0 Å². The van der Waals surface area contributed by atoms with E-state index in [0.29, 0.717) is 31.3 Å². The average molecular weight is 377 g/mol. The lowest BCUT2D eigenvalue weighted by Gasteiger charge is -2.34. The Bertz CT molecular complexity index is 976. The second kappa shape index (κ2) is 7.90. The summed E-state index contributed by atoms with van der Waals surface area (Å²) >= 11 is 0. The fourth-order valence-corrected chi connectivity index (χ4v) is 3.51. The van der Waals surface area contributed by atoms with E-state index in [1.807, 2.05) is 48.4 Å². The molecule has 1 aromatic carbocycles. The minimum Gasteiger partial charge on any atom is -0.340 e. The van der Waals surface area contributed by atoms with Gasteiger partial charge in [0.05, 0.1) is 6.54 Å². The first-order valence-electron chi connectivity index (χ1n) is 9.42. The summed E-state index contributed by atoms with van der Waals surface area (Å²) in [6, 6.07) is 9.81. The van der Waals surface area contributed by atoms with Crippen LogP contribution in [0.25, 0.3) is 11.1 Å². The number of hydrogen-bond acceptors (Lipinski definition) is 6. The van der Waals surface area contributed by atoms with Crippen LogP contribution in [0.4, 0.5) is 0 Å². The second-order valence-corrected chi connectivity index (χ2v) is 7.07. The summed E-state index contributed by atoms with van der Waals surface area (Å²) in [7, 11) is 0. The van der Waals surface area contributed by atoms with E-state index in [9.17, 15) is 4.79 Å². The molecule has 3 heterocycles. The second-order valence-electron chi connectivity index (χ2n) is 7.07. The molecule has 7 heteroatoms. The molecular formula is C21H23N5O2. The number of pyridine rings is 1. The highest BCUT2D eigenvalue weighted by atomic mass is 16.5. The number of aryl methyl sites for hydroxylation is 2. The van der Waals surface area contributed by atoms with Gasteiger partial charge in [-0.1, -0.05) is 17.3 Å². The molecular weight excluding hydrogens is 354 g/mol. The zero-order chi connectivity index (χ0) is 19.5. The largest absolute Gasteiger partial charge is 0.340 e. The van der Waals surface area contributed by atoms with Gasteiger partial charge in [0.1, 0.15) is 0 Å². The maximum atomic E-state index is 13.0. The zero-order valence-corrected chi connectivity index (χ0v) is 16.1. The van der Waals surface area contributed by atoms with Crippen molar-refractivity contribution >= 4 is 5.91 Å². The third-order valence-corrected chi connectivity index (χ3v) is 5.03. The molecule has 0 radical (unpaired) electrons. The van der Waals surface area contributed by atoms with E-state index in [1.54, 1.807) is 13.1 Å². The van der Waals surface area contributed by atoms with Gasteiger partial charge in [0.2, 0.25) is 5.89 Å². The minimum absolute atomic E-state index is 0.0728. The molecule has 0 bridgehead atoms. The maximum absolute atomic E-state index is 13.0. The van der Waals surface area contributed by atoms with Crippen LogP contribution in [-0.2, 0) is 6.54 Å². The highest BCUT2D eigenvalue weighted by molar-refractivity contribution is 5.95. The van der Waals surface area contributed by atoms with Gasteiger partial charge in [-0.15, -0.1) is 0 Å². The predicted octanol–water partition coefficient (Wildman–Crippen LogP) is 2.71. The lowest BCUT2D eigenvalue weighted by atomic mass is 10.00. The van der Waals surface area contributed by atoms with Crippen molar-refractivity contribution in [1.82, 2.24) is 24.9 Å². The van der Waals surface area contributed by atoms with Gasteiger partial charge in [0.25, 0.3) is 5.91 Å². The summed E-state index contributed by atoms with van der Waals surface area (Å²) in [5.41, 5.74) is 3.95. The molecule has 7 nitrogen and oxygen atoms in total. The van der Waals surface area contributed by atoms with Crippen molar-refractivity contribution < 1.29 is 9.32 Å². The molecule has 3 aromatic rings. The Kier molecular flexibility index (Phi) is 5.16. The topological polar surface area (TPSA) is 75.4 Å². The lowest BCUT2D eigenvalue weighted by molar-refractivity contribution is 0.0624. The van der Waals surface area contributed by atoms with E-state index in [-0.39, 0.29) is 5.91 Å². The molecule has 1 fully saturated rings. The fraction of sp³-hybridized carbons (Fsp3) is 0.333. The molecule has 0 atom stereocenters. The summed E-state index contributed by atoms with van der Waals surface area (Å²) < 4.78 is 5.02. The lowest BCUT2D eigenvalue weighted by Crippen LogP contribution is -2.48. The summed E-state index contributed by atoms with van der Waals surface area (Å²) in [5.74, 6) is 1.34. The normalized spacial score (nSPS) is 15.0. The van der Waals surface area contributed by atoms with Gasteiger partial charge >= 0.3 is 0 Å². The maximum Gasteiger partial charge on any atom is 0.253 e. The van der Waals surface area contributed by atoms with Crippen LogP contribution in [0.3, 0.4) is 0 Å². The van der Waals surface area contributed by atoms with E-state index in [2.05, 4.69) is 20.0 Å². The Morgan fingerprint density at radius 1 is 1.14 bits per heavy atom. The van der Waals surface area contributed by atoms with Crippen LogP contribution in [0.15, 0.2) is 47.2 Å². The third-order valence-electron chi connectivity index (χ3n) is 5.03. The van der Waals surface area contributed by atoms with Crippen molar-refractivity contribution in [3.05, 3.63) is 65.6 Å². The highest BCUT2D eigenvalue weighted by Crippen LogP contribution is 2.24. The number of carbonyl (C=O) groups excluding carboxylic acids is 1. The molecule has 0 unspecified atom stereocenters. The Balaban J connectivity index is 1.41. The molecule has 1 saturated heterocycles. The molecule has 28 heavy (non-hydrogen) atoms. The van der Waals surface area contributed by atoms with Gasteiger partial charge in [-0.3, -0.25) is 14.7 Å². The van der Waals surface area contributed by atoms with Crippen molar-refractivity contribution in [1.29, 1.82) is 0 Å². The minimum atomic E-state index is 0.0728. The number of amides is 1. The van der Waals surface area contributed by atoms with Crippen molar-refractivity contribution in [3.8, 4) is 11.1 Å².